The van der Waals surface area contributed by atoms with Crippen LogP contribution in [0.15, 0.2) is 11.8 Å². The van der Waals surface area contributed by atoms with Crippen LogP contribution in [-0.2, 0) is 4.79 Å². The molecule has 0 amide bonds. The molecule has 0 spiro atoms. The zero-order valence-corrected chi connectivity index (χ0v) is 9.85. The maximum Gasteiger partial charge on any atom is 0.400 e. The molecule has 94 valence electrons. The number of ketones is 1. The lowest BCUT2D eigenvalue weighted by Crippen LogP contribution is -2.34. The first-order valence-electron chi connectivity index (χ1n) is 4.99. The lowest BCUT2D eigenvalue weighted by molar-refractivity contribution is -0.206. The van der Waals surface area contributed by atoms with Gasteiger partial charge in [-0.15, -0.1) is 0 Å². The SMILES string of the molecule is CC(C)CC(=O)/C=C(\O)C(C)(C)C(F)(F)F. The van der Waals surface area contributed by atoms with Gasteiger partial charge in [-0.1, -0.05) is 13.8 Å². The fourth-order valence-corrected chi connectivity index (χ4v) is 0.939. The molecular weight excluding hydrogens is 221 g/mol. The molecule has 0 saturated carbocycles. The molecule has 0 heterocycles. The molecule has 0 fully saturated rings. The molecule has 0 unspecified atom stereocenters. The van der Waals surface area contributed by atoms with E-state index >= 15 is 0 Å². The van der Waals surface area contributed by atoms with E-state index in [4.69, 9.17) is 0 Å². The molecule has 0 bridgehead atoms. The first-order valence-corrected chi connectivity index (χ1v) is 4.99. The summed E-state index contributed by atoms with van der Waals surface area (Å²) in [5.74, 6) is -1.39. The van der Waals surface area contributed by atoms with E-state index in [0.29, 0.717) is 6.08 Å². The molecule has 0 aliphatic carbocycles. The number of carbonyl (C=O) groups is 1. The lowest BCUT2D eigenvalue weighted by atomic mass is 9.89. The summed E-state index contributed by atoms with van der Waals surface area (Å²) in [7, 11) is 0. The van der Waals surface area contributed by atoms with Crippen molar-refractivity contribution in [3.63, 3.8) is 0 Å². The first-order chi connectivity index (χ1) is 6.98. The van der Waals surface area contributed by atoms with Gasteiger partial charge in [-0.05, 0) is 19.8 Å². The summed E-state index contributed by atoms with van der Waals surface area (Å²) in [4.78, 5) is 11.2. The van der Waals surface area contributed by atoms with Crippen LogP contribution in [0.5, 0.6) is 0 Å². The lowest BCUT2D eigenvalue weighted by Gasteiger charge is -2.26. The third kappa shape index (κ3) is 3.87. The molecule has 16 heavy (non-hydrogen) atoms. The number of hydrogen-bond acceptors (Lipinski definition) is 2. The van der Waals surface area contributed by atoms with E-state index in [2.05, 4.69) is 0 Å². The number of aliphatic hydroxyl groups is 1. The topological polar surface area (TPSA) is 37.3 Å². The van der Waals surface area contributed by atoms with E-state index in [1.165, 1.54) is 0 Å². The maximum absolute atomic E-state index is 12.5. The molecule has 0 aliphatic heterocycles. The standard InChI is InChI=1S/C11H17F3O2/c1-7(2)5-8(15)6-9(16)10(3,4)11(12,13)14/h6-7,16H,5H2,1-4H3/b9-6-. The summed E-state index contributed by atoms with van der Waals surface area (Å²) in [6, 6.07) is 0. The largest absolute Gasteiger partial charge is 0.511 e. The van der Waals surface area contributed by atoms with E-state index in [-0.39, 0.29) is 12.3 Å². The van der Waals surface area contributed by atoms with Crippen molar-refractivity contribution < 1.29 is 23.1 Å². The Morgan fingerprint density at radius 1 is 1.31 bits per heavy atom. The van der Waals surface area contributed by atoms with Crippen molar-refractivity contribution in [2.24, 2.45) is 11.3 Å². The van der Waals surface area contributed by atoms with Gasteiger partial charge in [-0.25, -0.2) is 0 Å². The van der Waals surface area contributed by atoms with Crippen LogP contribution in [0, 0.1) is 11.3 Å². The first kappa shape index (κ1) is 15.0. The number of halogens is 3. The third-order valence-corrected chi connectivity index (χ3v) is 2.26. The van der Waals surface area contributed by atoms with Gasteiger partial charge in [-0.3, -0.25) is 4.79 Å². The third-order valence-electron chi connectivity index (χ3n) is 2.26. The minimum atomic E-state index is -4.58. The zero-order valence-electron chi connectivity index (χ0n) is 9.85. The van der Waals surface area contributed by atoms with Crippen LogP contribution in [0.1, 0.15) is 34.1 Å². The molecule has 0 aromatic carbocycles. The average molecular weight is 238 g/mol. The predicted octanol–water partition coefficient (Wildman–Crippen LogP) is 3.63. The van der Waals surface area contributed by atoms with E-state index in [1.54, 1.807) is 13.8 Å². The maximum atomic E-state index is 12.5. The van der Waals surface area contributed by atoms with Crippen molar-refractivity contribution in [3.05, 3.63) is 11.8 Å². The Morgan fingerprint density at radius 3 is 2.06 bits per heavy atom. The van der Waals surface area contributed by atoms with Crippen LogP contribution in [0.25, 0.3) is 0 Å². The molecule has 1 N–H and O–H groups in total. The minimum Gasteiger partial charge on any atom is -0.511 e. The number of allylic oxidation sites excluding steroid dienone is 2. The summed E-state index contributed by atoms with van der Waals surface area (Å²) in [5.41, 5.74) is -2.39. The second-order valence-corrected chi connectivity index (χ2v) is 4.72. The van der Waals surface area contributed by atoms with Gasteiger partial charge in [0.05, 0.1) is 0 Å². The second kappa shape index (κ2) is 4.89. The molecule has 0 radical (unpaired) electrons. The Labute approximate surface area is 93.2 Å². The van der Waals surface area contributed by atoms with E-state index < -0.39 is 23.1 Å². The van der Waals surface area contributed by atoms with Crippen molar-refractivity contribution in [3.8, 4) is 0 Å². The normalized spacial score (nSPS) is 14.4. The molecule has 0 atom stereocenters. The van der Waals surface area contributed by atoms with Gasteiger partial charge in [0, 0.05) is 12.5 Å². The summed E-state index contributed by atoms with van der Waals surface area (Å²) >= 11 is 0. The van der Waals surface area contributed by atoms with Crippen molar-refractivity contribution in [2.45, 2.75) is 40.3 Å². The Morgan fingerprint density at radius 2 is 1.75 bits per heavy atom. The smallest absolute Gasteiger partial charge is 0.400 e. The van der Waals surface area contributed by atoms with Gasteiger partial charge in [0.15, 0.2) is 5.78 Å². The molecule has 0 aromatic heterocycles. The van der Waals surface area contributed by atoms with Crippen LogP contribution < -0.4 is 0 Å². The van der Waals surface area contributed by atoms with Crippen molar-refractivity contribution in [2.75, 3.05) is 0 Å². The Balaban J connectivity index is 4.85. The van der Waals surface area contributed by atoms with Crippen molar-refractivity contribution in [1.82, 2.24) is 0 Å². The quantitative estimate of drug-likeness (QED) is 0.599. The molecule has 0 aliphatic rings. The van der Waals surface area contributed by atoms with Gasteiger partial charge < -0.3 is 5.11 Å². The molecular formula is C11H17F3O2. The van der Waals surface area contributed by atoms with Gasteiger partial charge in [0.1, 0.15) is 11.2 Å². The molecule has 0 saturated heterocycles. The minimum absolute atomic E-state index is 0.0468. The van der Waals surface area contributed by atoms with Gasteiger partial charge in [-0.2, -0.15) is 13.2 Å². The number of alkyl halides is 3. The highest BCUT2D eigenvalue weighted by molar-refractivity contribution is 5.90. The van der Waals surface area contributed by atoms with Crippen molar-refractivity contribution >= 4 is 5.78 Å². The average Bonchev–Trinajstić information content (AvgIpc) is 1.99. The Bertz CT molecular complexity index is 288. The Kier molecular flexibility index (Phi) is 4.58. The number of carbonyl (C=O) groups excluding carboxylic acids is 1. The fraction of sp³-hybridized carbons (Fsp3) is 0.727. The van der Waals surface area contributed by atoms with E-state index in [1.807, 2.05) is 0 Å². The molecule has 0 aromatic rings. The number of hydrogen-bond donors (Lipinski definition) is 1. The van der Waals surface area contributed by atoms with E-state index in [9.17, 15) is 23.1 Å². The summed E-state index contributed by atoms with van der Waals surface area (Å²) in [6.07, 6.45) is -3.78. The molecule has 5 heteroatoms. The van der Waals surface area contributed by atoms with Gasteiger partial charge in [0.25, 0.3) is 0 Å². The van der Waals surface area contributed by atoms with E-state index in [0.717, 1.165) is 13.8 Å². The molecule has 0 rings (SSSR count). The summed E-state index contributed by atoms with van der Waals surface area (Å²) in [6.45, 7) is 5.22. The summed E-state index contributed by atoms with van der Waals surface area (Å²) < 4.78 is 37.5. The van der Waals surface area contributed by atoms with Crippen LogP contribution in [0.4, 0.5) is 13.2 Å². The van der Waals surface area contributed by atoms with Crippen LogP contribution in [-0.4, -0.2) is 17.1 Å². The Hall–Kier alpha value is -1.00. The van der Waals surface area contributed by atoms with Crippen LogP contribution in [0.2, 0.25) is 0 Å². The fourth-order valence-electron chi connectivity index (χ4n) is 0.939. The zero-order chi connectivity index (χ0) is 13.1. The highest BCUT2D eigenvalue weighted by atomic mass is 19.4. The van der Waals surface area contributed by atoms with Gasteiger partial charge >= 0.3 is 6.18 Å². The van der Waals surface area contributed by atoms with Crippen molar-refractivity contribution in [1.29, 1.82) is 0 Å². The summed E-state index contributed by atoms with van der Waals surface area (Å²) in [5, 5.41) is 9.32. The highest BCUT2D eigenvalue weighted by Crippen LogP contribution is 2.42. The number of aliphatic hydroxyl groups excluding tert-OH is 1. The highest BCUT2D eigenvalue weighted by Gasteiger charge is 2.50. The van der Waals surface area contributed by atoms with Gasteiger partial charge in [0.2, 0.25) is 0 Å². The number of rotatable bonds is 4. The van der Waals surface area contributed by atoms with Crippen LogP contribution in [0.3, 0.4) is 0 Å². The van der Waals surface area contributed by atoms with Crippen LogP contribution >= 0.6 is 0 Å². The second-order valence-electron chi connectivity index (χ2n) is 4.72. The monoisotopic (exact) mass is 238 g/mol. The molecule has 2 nitrogen and oxygen atoms in total. The predicted molar refractivity (Wildman–Crippen MR) is 55.0 cm³/mol.